The number of nitrogens with zero attached hydrogens (tertiary/aromatic N) is 1. The monoisotopic (exact) mass is 236 g/mol. The summed E-state index contributed by atoms with van der Waals surface area (Å²) in [6.45, 7) is 2.36. The summed E-state index contributed by atoms with van der Waals surface area (Å²) in [5.41, 5.74) is 7.33. The molecule has 0 unspecified atom stereocenters. The molecule has 1 saturated carbocycles. The number of rotatable bonds is 6. The van der Waals surface area contributed by atoms with Crippen molar-refractivity contribution in [1.29, 1.82) is 0 Å². The highest BCUT2D eigenvalue weighted by Crippen LogP contribution is 2.30. The van der Waals surface area contributed by atoms with Gasteiger partial charge in [-0.2, -0.15) is 0 Å². The molecule has 0 atom stereocenters. The van der Waals surface area contributed by atoms with Crippen LogP contribution in [-0.4, -0.2) is 36.3 Å². The van der Waals surface area contributed by atoms with Crippen LogP contribution >= 0.6 is 0 Å². The fourth-order valence-electron chi connectivity index (χ4n) is 1.99. The minimum atomic E-state index is 0.322. The highest BCUT2D eigenvalue weighted by Gasteiger charge is 2.29. The number of anilines is 1. The SMILES string of the molecule is COCCN(Cc1cc(N)ccc1O)C1CC1. The second-order valence-electron chi connectivity index (χ2n) is 4.58. The molecule has 1 aliphatic carbocycles. The van der Waals surface area contributed by atoms with Gasteiger partial charge in [0.25, 0.3) is 0 Å². The number of ether oxygens (including phenoxy) is 1. The lowest BCUT2D eigenvalue weighted by molar-refractivity contribution is 0.139. The fraction of sp³-hybridized carbons (Fsp3) is 0.538. The third-order valence-corrected chi connectivity index (χ3v) is 3.12. The van der Waals surface area contributed by atoms with E-state index < -0.39 is 0 Å². The molecule has 1 aliphatic rings. The van der Waals surface area contributed by atoms with Crippen molar-refractivity contribution >= 4 is 5.69 Å². The Bertz CT molecular complexity index is 378. The average Bonchev–Trinajstić information content (AvgIpc) is 3.13. The van der Waals surface area contributed by atoms with Gasteiger partial charge in [0.2, 0.25) is 0 Å². The Morgan fingerprint density at radius 3 is 2.88 bits per heavy atom. The van der Waals surface area contributed by atoms with E-state index in [1.165, 1.54) is 12.8 Å². The van der Waals surface area contributed by atoms with Crippen molar-refractivity contribution in [3.8, 4) is 5.75 Å². The number of phenolic OH excluding ortho intramolecular Hbond substituents is 1. The van der Waals surface area contributed by atoms with Gasteiger partial charge in [-0.05, 0) is 31.0 Å². The molecule has 0 aromatic heterocycles. The van der Waals surface area contributed by atoms with Gasteiger partial charge in [0.05, 0.1) is 6.61 Å². The molecule has 0 saturated heterocycles. The van der Waals surface area contributed by atoms with Crippen molar-refractivity contribution in [3.05, 3.63) is 23.8 Å². The number of nitrogens with two attached hydrogens (primary N) is 1. The van der Waals surface area contributed by atoms with Crippen LogP contribution in [0.5, 0.6) is 5.75 Å². The van der Waals surface area contributed by atoms with Gasteiger partial charge in [-0.15, -0.1) is 0 Å². The second-order valence-corrected chi connectivity index (χ2v) is 4.58. The molecule has 4 heteroatoms. The molecule has 94 valence electrons. The smallest absolute Gasteiger partial charge is 0.120 e. The predicted octanol–water partition coefficient (Wildman–Crippen LogP) is 1.59. The molecular weight excluding hydrogens is 216 g/mol. The number of phenols is 1. The molecule has 1 aromatic rings. The number of hydrogen-bond donors (Lipinski definition) is 2. The van der Waals surface area contributed by atoms with Crippen LogP contribution in [0.25, 0.3) is 0 Å². The number of hydrogen-bond acceptors (Lipinski definition) is 4. The first-order valence-electron chi connectivity index (χ1n) is 6.01. The maximum absolute atomic E-state index is 9.80. The van der Waals surface area contributed by atoms with Gasteiger partial charge in [0.1, 0.15) is 5.75 Å². The Balaban J connectivity index is 2.03. The maximum atomic E-state index is 9.80. The molecule has 0 radical (unpaired) electrons. The first-order valence-corrected chi connectivity index (χ1v) is 6.01. The first kappa shape index (κ1) is 12.2. The summed E-state index contributed by atoms with van der Waals surface area (Å²) < 4.78 is 5.11. The Labute approximate surface area is 102 Å². The molecule has 4 nitrogen and oxygen atoms in total. The topological polar surface area (TPSA) is 58.7 Å². The Morgan fingerprint density at radius 2 is 2.24 bits per heavy atom. The zero-order chi connectivity index (χ0) is 12.3. The van der Waals surface area contributed by atoms with Gasteiger partial charge in [0, 0.05) is 37.5 Å². The lowest BCUT2D eigenvalue weighted by Gasteiger charge is -2.22. The van der Waals surface area contributed by atoms with Gasteiger partial charge in [-0.1, -0.05) is 0 Å². The molecule has 0 amide bonds. The second kappa shape index (κ2) is 5.38. The van der Waals surface area contributed by atoms with Crippen LogP contribution in [0.3, 0.4) is 0 Å². The molecule has 0 heterocycles. The van der Waals surface area contributed by atoms with Crippen LogP contribution in [0, 0.1) is 0 Å². The largest absolute Gasteiger partial charge is 0.508 e. The molecule has 1 fully saturated rings. The van der Waals surface area contributed by atoms with E-state index in [9.17, 15) is 5.11 Å². The van der Waals surface area contributed by atoms with Crippen LogP contribution < -0.4 is 5.73 Å². The summed E-state index contributed by atoms with van der Waals surface area (Å²) in [5, 5.41) is 9.80. The van der Waals surface area contributed by atoms with E-state index in [2.05, 4.69) is 4.90 Å². The molecule has 0 aliphatic heterocycles. The average molecular weight is 236 g/mol. The van der Waals surface area contributed by atoms with Crippen molar-refractivity contribution in [2.75, 3.05) is 26.0 Å². The number of methoxy groups -OCH3 is 1. The first-order chi connectivity index (χ1) is 8.20. The van der Waals surface area contributed by atoms with Crippen LogP contribution in [0.1, 0.15) is 18.4 Å². The van der Waals surface area contributed by atoms with E-state index >= 15 is 0 Å². The number of benzene rings is 1. The molecule has 3 N–H and O–H groups in total. The quantitative estimate of drug-likeness (QED) is 0.581. The molecular formula is C13H20N2O2. The zero-order valence-corrected chi connectivity index (χ0v) is 10.2. The predicted molar refractivity (Wildman–Crippen MR) is 67.8 cm³/mol. The van der Waals surface area contributed by atoms with Crippen LogP contribution in [0.15, 0.2) is 18.2 Å². The van der Waals surface area contributed by atoms with E-state index in [-0.39, 0.29) is 0 Å². The summed E-state index contributed by atoms with van der Waals surface area (Å²) in [7, 11) is 1.71. The van der Waals surface area contributed by atoms with Crippen molar-refractivity contribution in [1.82, 2.24) is 4.90 Å². The van der Waals surface area contributed by atoms with E-state index in [0.717, 1.165) is 25.3 Å². The third-order valence-electron chi connectivity index (χ3n) is 3.12. The number of nitrogen functional groups attached to an aromatic ring is 1. The molecule has 17 heavy (non-hydrogen) atoms. The van der Waals surface area contributed by atoms with Crippen LogP contribution in [0.4, 0.5) is 5.69 Å². The highest BCUT2D eigenvalue weighted by atomic mass is 16.5. The van der Waals surface area contributed by atoms with Gasteiger partial charge < -0.3 is 15.6 Å². The fourth-order valence-corrected chi connectivity index (χ4v) is 1.99. The van der Waals surface area contributed by atoms with E-state index in [0.29, 0.717) is 17.5 Å². The summed E-state index contributed by atoms with van der Waals surface area (Å²) in [6.07, 6.45) is 2.49. The molecule has 1 aromatic carbocycles. The van der Waals surface area contributed by atoms with Crippen molar-refractivity contribution in [2.45, 2.75) is 25.4 Å². The minimum Gasteiger partial charge on any atom is -0.508 e. The van der Waals surface area contributed by atoms with Crippen LogP contribution in [-0.2, 0) is 11.3 Å². The van der Waals surface area contributed by atoms with Gasteiger partial charge in [-0.25, -0.2) is 0 Å². The van der Waals surface area contributed by atoms with Crippen molar-refractivity contribution < 1.29 is 9.84 Å². The van der Waals surface area contributed by atoms with E-state index in [1.807, 2.05) is 6.07 Å². The normalized spacial score (nSPS) is 15.4. The minimum absolute atomic E-state index is 0.322. The van der Waals surface area contributed by atoms with Gasteiger partial charge in [-0.3, -0.25) is 4.90 Å². The van der Waals surface area contributed by atoms with E-state index in [4.69, 9.17) is 10.5 Å². The molecule has 0 bridgehead atoms. The summed E-state index contributed by atoms with van der Waals surface area (Å²) in [4.78, 5) is 2.35. The lowest BCUT2D eigenvalue weighted by Crippen LogP contribution is -2.29. The highest BCUT2D eigenvalue weighted by molar-refractivity contribution is 5.47. The third kappa shape index (κ3) is 3.35. The molecule has 0 spiro atoms. The number of aromatic hydroxyl groups is 1. The summed E-state index contributed by atoms with van der Waals surface area (Å²) in [6, 6.07) is 5.87. The van der Waals surface area contributed by atoms with Crippen LogP contribution in [0.2, 0.25) is 0 Å². The summed E-state index contributed by atoms with van der Waals surface area (Å²) >= 11 is 0. The summed E-state index contributed by atoms with van der Waals surface area (Å²) in [5.74, 6) is 0.322. The van der Waals surface area contributed by atoms with Gasteiger partial charge >= 0.3 is 0 Å². The zero-order valence-electron chi connectivity index (χ0n) is 10.2. The van der Waals surface area contributed by atoms with E-state index in [1.54, 1.807) is 19.2 Å². The Kier molecular flexibility index (Phi) is 3.86. The van der Waals surface area contributed by atoms with Crippen molar-refractivity contribution in [2.24, 2.45) is 0 Å². The lowest BCUT2D eigenvalue weighted by atomic mass is 10.1. The van der Waals surface area contributed by atoms with Crippen molar-refractivity contribution in [3.63, 3.8) is 0 Å². The van der Waals surface area contributed by atoms with Gasteiger partial charge in [0.15, 0.2) is 0 Å². The Morgan fingerprint density at radius 1 is 1.47 bits per heavy atom. The maximum Gasteiger partial charge on any atom is 0.120 e. The standard InChI is InChI=1S/C13H20N2O2/c1-17-7-6-15(12-3-4-12)9-10-8-11(14)2-5-13(10)16/h2,5,8,12,16H,3-4,6-7,9,14H2,1H3. The Hall–Kier alpha value is -1.26. The molecule has 2 rings (SSSR count).